The van der Waals surface area contributed by atoms with Crippen molar-refractivity contribution < 1.29 is 17.3 Å². The molecule has 2 aromatic carbocycles. The summed E-state index contributed by atoms with van der Waals surface area (Å²) in [4.78, 5) is 0.0709. The van der Waals surface area contributed by atoms with Gasteiger partial charge in [0, 0.05) is 5.02 Å². The van der Waals surface area contributed by atoms with Crippen molar-refractivity contribution in [2.24, 2.45) is 0 Å². The lowest BCUT2D eigenvalue weighted by molar-refractivity contribution is 0.221. The highest BCUT2D eigenvalue weighted by molar-refractivity contribution is 7.86. The molecule has 0 spiro atoms. The minimum atomic E-state index is -3.77. The molecule has 2 rings (SSSR count). The first kappa shape index (κ1) is 14.8. The van der Waals surface area contributed by atoms with Crippen LogP contribution in [-0.4, -0.2) is 21.6 Å². The Bertz CT molecular complexity index is 639. The fourth-order valence-electron chi connectivity index (χ4n) is 1.49. The monoisotopic (exact) mass is 312 g/mol. The van der Waals surface area contributed by atoms with E-state index in [4.69, 9.17) is 20.5 Å². The van der Waals surface area contributed by atoms with Crippen molar-refractivity contribution >= 4 is 21.7 Å². The molecule has 0 fully saturated rings. The lowest BCUT2D eigenvalue weighted by atomic mass is 10.3. The summed E-state index contributed by atoms with van der Waals surface area (Å²) in [6.07, 6.45) is 0. The molecule has 0 aromatic heterocycles. The van der Waals surface area contributed by atoms with Gasteiger partial charge in [0.15, 0.2) is 0 Å². The zero-order chi connectivity index (χ0) is 14.4. The fraction of sp³-hybridized carbons (Fsp3) is 0.143. The lowest BCUT2D eigenvalue weighted by Gasteiger charge is -2.07. The van der Waals surface area contributed by atoms with Gasteiger partial charge in [-0.1, -0.05) is 29.8 Å². The fourth-order valence-corrected chi connectivity index (χ4v) is 2.51. The Labute approximate surface area is 123 Å². The van der Waals surface area contributed by atoms with Crippen LogP contribution in [0.2, 0.25) is 5.02 Å². The third-order valence-corrected chi connectivity index (χ3v) is 4.01. The van der Waals surface area contributed by atoms with Crippen molar-refractivity contribution in [1.82, 2.24) is 0 Å². The van der Waals surface area contributed by atoms with E-state index in [9.17, 15) is 8.42 Å². The molecule has 0 heterocycles. The molecule has 20 heavy (non-hydrogen) atoms. The van der Waals surface area contributed by atoms with E-state index in [-0.39, 0.29) is 18.1 Å². The van der Waals surface area contributed by atoms with Crippen LogP contribution in [0.15, 0.2) is 59.5 Å². The number of benzene rings is 2. The van der Waals surface area contributed by atoms with Gasteiger partial charge in [0.1, 0.15) is 19.0 Å². The number of para-hydroxylation sites is 1. The standard InChI is InChI=1S/C14H13ClO4S/c15-12-6-8-14(9-7-12)20(16,17)19-11-10-18-13-4-2-1-3-5-13/h1-9H,10-11H2. The van der Waals surface area contributed by atoms with Gasteiger partial charge in [-0.05, 0) is 36.4 Å². The summed E-state index contributed by atoms with van der Waals surface area (Å²) in [5.74, 6) is 0.667. The van der Waals surface area contributed by atoms with E-state index in [1.54, 1.807) is 12.1 Å². The highest BCUT2D eigenvalue weighted by Gasteiger charge is 2.14. The van der Waals surface area contributed by atoms with Crippen LogP contribution in [0.3, 0.4) is 0 Å². The van der Waals surface area contributed by atoms with E-state index in [0.29, 0.717) is 10.8 Å². The van der Waals surface area contributed by atoms with Crippen LogP contribution < -0.4 is 4.74 Å². The van der Waals surface area contributed by atoms with Crippen molar-refractivity contribution in [3.05, 3.63) is 59.6 Å². The summed E-state index contributed by atoms with van der Waals surface area (Å²) < 4.78 is 33.9. The molecule has 0 aliphatic carbocycles. The number of rotatable bonds is 6. The van der Waals surface area contributed by atoms with Gasteiger partial charge in [0.05, 0.1) is 4.90 Å². The van der Waals surface area contributed by atoms with E-state index < -0.39 is 10.1 Å². The topological polar surface area (TPSA) is 52.6 Å². The molecule has 0 saturated carbocycles. The zero-order valence-corrected chi connectivity index (χ0v) is 12.1. The molecule has 4 nitrogen and oxygen atoms in total. The smallest absolute Gasteiger partial charge is 0.297 e. The van der Waals surface area contributed by atoms with Crippen molar-refractivity contribution in [1.29, 1.82) is 0 Å². The molecule has 0 bridgehead atoms. The molecule has 106 valence electrons. The maximum absolute atomic E-state index is 11.8. The number of hydrogen-bond donors (Lipinski definition) is 0. The summed E-state index contributed by atoms with van der Waals surface area (Å²) >= 11 is 5.70. The van der Waals surface area contributed by atoms with E-state index >= 15 is 0 Å². The first-order chi connectivity index (χ1) is 9.58. The largest absolute Gasteiger partial charge is 0.491 e. The van der Waals surface area contributed by atoms with E-state index in [0.717, 1.165) is 0 Å². The minimum absolute atomic E-state index is 0.0557. The molecule has 6 heteroatoms. The van der Waals surface area contributed by atoms with Gasteiger partial charge in [-0.2, -0.15) is 8.42 Å². The van der Waals surface area contributed by atoms with Gasteiger partial charge in [-0.3, -0.25) is 4.18 Å². The summed E-state index contributed by atoms with van der Waals surface area (Å²) in [7, 11) is -3.77. The molecule has 0 radical (unpaired) electrons. The van der Waals surface area contributed by atoms with Gasteiger partial charge in [0.2, 0.25) is 0 Å². The summed E-state index contributed by atoms with van der Waals surface area (Å²) in [6.45, 7) is 0.0939. The summed E-state index contributed by atoms with van der Waals surface area (Å²) in [5.41, 5.74) is 0. The van der Waals surface area contributed by atoms with Crippen LogP contribution in [0.25, 0.3) is 0 Å². The van der Waals surface area contributed by atoms with Crippen LogP contribution >= 0.6 is 11.6 Å². The molecular formula is C14H13ClO4S. The maximum Gasteiger partial charge on any atom is 0.297 e. The Balaban J connectivity index is 1.85. The van der Waals surface area contributed by atoms with E-state index in [1.807, 2.05) is 18.2 Å². The third-order valence-electron chi connectivity index (χ3n) is 2.44. The first-order valence-electron chi connectivity index (χ1n) is 5.91. The minimum Gasteiger partial charge on any atom is -0.491 e. The summed E-state index contributed by atoms with van der Waals surface area (Å²) in [6, 6.07) is 14.9. The number of ether oxygens (including phenoxy) is 1. The molecule has 0 amide bonds. The van der Waals surface area contributed by atoms with Gasteiger partial charge in [-0.25, -0.2) is 0 Å². The van der Waals surface area contributed by atoms with E-state index in [2.05, 4.69) is 0 Å². The average molecular weight is 313 g/mol. The van der Waals surface area contributed by atoms with Crippen LogP contribution in [-0.2, 0) is 14.3 Å². The molecule has 0 saturated heterocycles. The van der Waals surface area contributed by atoms with Crippen LogP contribution in [0.5, 0.6) is 5.75 Å². The molecule has 0 N–H and O–H groups in total. The van der Waals surface area contributed by atoms with Crippen LogP contribution in [0.1, 0.15) is 0 Å². The zero-order valence-electron chi connectivity index (χ0n) is 10.5. The molecule has 0 aliphatic heterocycles. The van der Waals surface area contributed by atoms with Crippen molar-refractivity contribution in [3.63, 3.8) is 0 Å². The second-order valence-electron chi connectivity index (χ2n) is 3.89. The van der Waals surface area contributed by atoms with Crippen molar-refractivity contribution in [3.8, 4) is 5.75 Å². The van der Waals surface area contributed by atoms with Gasteiger partial charge >= 0.3 is 0 Å². The molecule has 0 aliphatic rings. The maximum atomic E-state index is 11.8. The van der Waals surface area contributed by atoms with Gasteiger partial charge in [0.25, 0.3) is 10.1 Å². The Morgan fingerprint density at radius 3 is 2.20 bits per heavy atom. The predicted molar refractivity (Wildman–Crippen MR) is 76.5 cm³/mol. The molecule has 2 aromatic rings. The predicted octanol–water partition coefficient (Wildman–Crippen LogP) is 3.12. The Morgan fingerprint density at radius 1 is 0.900 bits per heavy atom. The molecule has 0 atom stereocenters. The third kappa shape index (κ3) is 4.23. The first-order valence-corrected chi connectivity index (χ1v) is 7.69. The highest BCUT2D eigenvalue weighted by Crippen LogP contribution is 2.16. The Kier molecular flexibility index (Phi) is 5.00. The van der Waals surface area contributed by atoms with Crippen LogP contribution in [0, 0.1) is 0 Å². The van der Waals surface area contributed by atoms with Gasteiger partial charge < -0.3 is 4.74 Å². The highest BCUT2D eigenvalue weighted by atomic mass is 35.5. The SMILES string of the molecule is O=S(=O)(OCCOc1ccccc1)c1ccc(Cl)cc1. The number of hydrogen-bond acceptors (Lipinski definition) is 4. The summed E-state index contributed by atoms with van der Waals surface area (Å²) in [5, 5.41) is 0.469. The number of halogens is 1. The molecule has 0 unspecified atom stereocenters. The van der Waals surface area contributed by atoms with E-state index in [1.165, 1.54) is 24.3 Å². The Morgan fingerprint density at radius 2 is 1.55 bits per heavy atom. The second-order valence-corrected chi connectivity index (χ2v) is 5.94. The van der Waals surface area contributed by atoms with Crippen LogP contribution in [0.4, 0.5) is 0 Å². The second kappa shape index (κ2) is 6.74. The normalized spacial score (nSPS) is 11.2. The van der Waals surface area contributed by atoms with Crippen molar-refractivity contribution in [2.75, 3.05) is 13.2 Å². The quantitative estimate of drug-likeness (QED) is 0.607. The lowest BCUT2D eigenvalue weighted by Crippen LogP contribution is -2.13. The Hall–Kier alpha value is -1.56. The molecular weight excluding hydrogens is 300 g/mol. The van der Waals surface area contributed by atoms with Crippen molar-refractivity contribution in [2.45, 2.75) is 4.90 Å². The average Bonchev–Trinajstić information content (AvgIpc) is 2.45. The van der Waals surface area contributed by atoms with Gasteiger partial charge in [-0.15, -0.1) is 0 Å².